The van der Waals surface area contributed by atoms with E-state index in [0.717, 1.165) is 15.4 Å². The van der Waals surface area contributed by atoms with Crippen molar-refractivity contribution >= 4 is 49.4 Å². The first-order valence-electron chi connectivity index (χ1n) is 4.90. The quantitative estimate of drug-likeness (QED) is 0.800. The lowest BCUT2D eigenvalue weighted by Crippen LogP contribution is -2.35. The maximum atomic E-state index is 11.9. The van der Waals surface area contributed by atoms with Crippen LogP contribution in [0.25, 0.3) is 0 Å². The average molecular weight is 369 g/mol. The third-order valence-electron chi connectivity index (χ3n) is 2.19. The van der Waals surface area contributed by atoms with Crippen LogP contribution < -0.4 is 5.32 Å². The van der Waals surface area contributed by atoms with Gasteiger partial charge >= 0.3 is 0 Å². The van der Waals surface area contributed by atoms with Gasteiger partial charge in [-0.1, -0.05) is 22.9 Å². The summed E-state index contributed by atoms with van der Waals surface area (Å²) >= 11 is 12.4. The van der Waals surface area contributed by atoms with Crippen molar-refractivity contribution in [2.24, 2.45) is 0 Å². The van der Waals surface area contributed by atoms with Crippen LogP contribution in [0.15, 0.2) is 27.1 Å². The van der Waals surface area contributed by atoms with Crippen LogP contribution in [0.3, 0.4) is 0 Å². The molecule has 0 heterocycles. The van der Waals surface area contributed by atoms with Crippen molar-refractivity contribution < 1.29 is 4.79 Å². The Morgan fingerprint density at radius 3 is 2.69 bits per heavy atom. The van der Waals surface area contributed by atoms with Gasteiger partial charge in [-0.25, -0.2) is 0 Å². The Hall–Kier alpha value is -0.0600. The normalized spacial score (nSPS) is 12.2. The number of amides is 1. The van der Waals surface area contributed by atoms with E-state index in [2.05, 4.69) is 37.2 Å². The number of alkyl halides is 1. The summed E-state index contributed by atoms with van der Waals surface area (Å²) in [6.45, 7) is 1.99. The number of benzene rings is 1. The SMILES string of the molecule is CCC(CCl)NC(=O)c1ccc(Br)cc1Br. The zero-order valence-electron chi connectivity index (χ0n) is 8.77. The third kappa shape index (κ3) is 3.75. The molecule has 2 nitrogen and oxygen atoms in total. The standard InChI is InChI=1S/C11H12Br2ClNO/c1-2-8(6-14)15-11(16)9-4-3-7(12)5-10(9)13/h3-5,8H,2,6H2,1H3,(H,15,16). The number of hydrogen-bond acceptors (Lipinski definition) is 1. The maximum Gasteiger partial charge on any atom is 0.252 e. The predicted octanol–water partition coefficient (Wildman–Crippen LogP) is 3.96. The second-order valence-corrected chi connectivity index (χ2v) is 5.44. The fourth-order valence-electron chi connectivity index (χ4n) is 1.19. The minimum Gasteiger partial charge on any atom is -0.348 e. The van der Waals surface area contributed by atoms with Gasteiger partial charge in [-0.3, -0.25) is 4.79 Å². The van der Waals surface area contributed by atoms with E-state index in [0.29, 0.717) is 11.4 Å². The molecule has 1 N–H and O–H groups in total. The number of carbonyl (C=O) groups excluding carboxylic acids is 1. The first-order valence-corrected chi connectivity index (χ1v) is 7.02. The van der Waals surface area contributed by atoms with Gasteiger partial charge < -0.3 is 5.32 Å². The van der Waals surface area contributed by atoms with Crippen LogP contribution in [0.4, 0.5) is 0 Å². The molecule has 0 spiro atoms. The number of halogens is 3. The smallest absolute Gasteiger partial charge is 0.252 e. The lowest BCUT2D eigenvalue weighted by Gasteiger charge is -2.14. The zero-order valence-corrected chi connectivity index (χ0v) is 12.7. The van der Waals surface area contributed by atoms with Crippen LogP contribution in [0.5, 0.6) is 0 Å². The minimum absolute atomic E-state index is 0.0183. The molecule has 1 aromatic rings. The summed E-state index contributed by atoms with van der Waals surface area (Å²) in [4.78, 5) is 11.9. The van der Waals surface area contributed by atoms with Gasteiger partial charge in [0.2, 0.25) is 0 Å². The monoisotopic (exact) mass is 367 g/mol. The van der Waals surface area contributed by atoms with Crippen LogP contribution in [-0.2, 0) is 0 Å². The zero-order chi connectivity index (χ0) is 12.1. The summed E-state index contributed by atoms with van der Waals surface area (Å²) in [5.74, 6) is 0.322. The summed E-state index contributed by atoms with van der Waals surface area (Å²) in [5.41, 5.74) is 0.617. The van der Waals surface area contributed by atoms with Crippen LogP contribution in [0.2, 0.25) is 0 Å². The highest BCUT2D eigenvalue weighted by atomic mass is 79.9. The van der Waals surface area contributed by atoms with Gasteiger partial charge in [0.1, 0.15) is 0 Å². The topological polar surface area (TPSA) is 29.1 Å². The fraction of sp³-hybridized carbons (Fsp3) is 0.364. The molecule has 1 rings (SSSR count). The molecule has 0 radical (unpaired) electrons. The van der Waals surface area contributed by atoms with E-state index in [4.69, 9.17) is 11.6 Å². The summed E-state index contributed by atoms with van der Waals surface area (Å²) in [6.07, 6.45) is 0.823. The van der Waals surface area contributed by atoms with Gasteiger partial charge in [-0.2, -0.15) is 0 Å². The Balaban J connectivity index is 2.80. The van der Waals surface area contributed by atoms with E-state index in [-0.39, 0.29) is 11.9 Å². The van der Waals surface area contributed by atoms with Gasteiger partial charge in [0.15, 0.2) is 0 Å². The molecule has 0 aliphatic heterocycles. The second-order valence-electron chi connectivity index (χ2n) is 3.36. The number of rotatable bonds is 4. The van der Waals surface area contributed by atoms with Gasteiger partial charge in [-0.15, -0.1) is 11.6 Å². The highest BCUT2D eigenvalue weighted by molar-refractivity contribution is 9.11. The summed E-state index contributed by atoms with van der Waals surface area (Å²) in [5, 5.41) is 2.88. The predicted molar refractivity (Wildman–Crippen MR) is 74.1 cm³/mol. The van der Waals surface area contributed by atoms with E-state index in [1.165, 1.54) is 0 Å². The van der Waals surface area contributed by atoms with Crippen molar-refractivity contribution in [3.63, 3.8) is 0 Å². The van der Waals surface area contributed by atoms with E-state index >= 15 is 0 Å². The van der Waals surface area contributed by atoms with Gasteiger partial charge in [0, 0.05) is 20.9 Å². The Bertz CT molecular complexity index is 380. The molecule has 0 saturated carbocycles. The first kappa shape index (κ1) is 14.0. The van der Waals surface area contributed by atoms with Crippen LogP contribution in [0, 0.1) is 0 Å². The molecule has 16 heavy (non-hydrogen) atoms. The van der Waals surface area contributed by atoms with E-state index in [1.807, 2.05) is 19.1 Å². The van der Waals surface area contributed by atoms with Crippen molar-refractivity contribution in [1.82, 2.24) is 5.32 Å². The maximum absolute atomic E-state index is 11.9. The Morgan fingerprint density at radius 1 is 1.50 bits per heavy atom. The molecule has 0 aliphatic rings. The third-order valence-corrected chi connectivity index (χ3v) is 3.71. The highest BCUT2D eigenvalue weighted by Crippen LogP contribution is 2.22. The lowest BCUT2D eigenvalue weighted by molar-refractivity contribution is 0.0939. The van der Waals surface area contributed by atoms with Crippen LogP contribution >= 0.6 is 43.5 Å². The molecule has 0 aliphatic carbocycles. The Labute approximate surface area is 117 Å². The van der Waals surface area contributed by atoms with Crippen molar-refractivity contribution in [1.29, 1.82) is 0 Å². The van der Waals surface area contributed by atoms with E-state index in [1.54, 1.807) is 6.07 Å². The molecular formula is C11H12Br2ClNO. The molecular weight excluding hydrogens is 357 g/mol. The van der Waals surface area contributed by atoms with Gasteiger partial charge in [0.05, 0.1) is 5.56 Å². The molecule has 1 amide bonds. The minimum atomic E-state index is -0.105. The summed E-state index contributed by atoms with van der Waals surface area (Å²) in [7, 11) is 0. The summed E-state index contributed by atoms with van der Waals surface area (Å²) < 4.78 is 1.70. The molecule has 88 valence electrons. The molecule has 1 aromatic carbocycles. The lowest BCUT2D eigenvalue weighted by atomic mass is 10.2. The van der Waals surface area contributed by atoms with E-state index in [9.17, 15) is 4.79 Å². The van der Waals surface area contributed by atoms with Crippen molar-refractivity contribution in [3.05, 3.63) is 32.7 Å². The highest BCUT2D eigenvalue weighted by Gasteiger charge is 2.13. The largest absolute Gasteiger partial charge is 0.348 e. The van der Waals surface area contributed by atoms with Crippen molar-refractivity contribution in [2.45, 2.75) is 19.4 Å². The summed E-state index contributed by atoms with van der Waals surface area (Å²) in [6, 6.07) is 5.47. The van der Waals surface area contributed by atoms with Crippen molar-refractivity contribution in [2.75, 3.05) is 5.88 Å². The van der Waals surface area contributed by atoms with Gasteiger partial charge in [0.25, 0.3) is 5.91 Å². The second kappa shape index (κ2) is 6.62. The average Bonchev–Trinajstić information content (AvgIpc) is 2.25. The van der Waals surface area contributed by atoms with Crippen molar-refractivity contribution in [3.8, 4) is 0 Å². The Morgan fingerprint density at radius 2 is 2.19 bits per heavy atom. The molecule has 0 saturated heterocycles. The van der Waals surface area contributed by atoms with Crippen LogP contribution in [-0.4, -0.2) is 17.8 Å². The Kier molecular flexibility index (Phi) is 5.79. The van der Waals surface area contributed by atoms with Gasteiger partial charge in [-0.05, 0) is 40.5 Å². The molecule has 5 heteroatoms. The number of nitrogens with one attached hydrogen (secondary N) is 1. The van der Waals surface area contributed by atoms with E-state index < -0.39 is 0 Å². The molecule has 0 bridgehead atoms. The first-order chi connectivity index (χ1) is 7.58. The molecule has 0 fully saturated rings. The number of carbonyl (C=O) groups is 1. The fourth-order valence-corrected chi connectivity index (χ4v) is 2.71. The molecule has 0 aromatic heterocycles. The molecule has 1 atom stereocenters. The van der Waals surface area contributed by atoms with Crippen LogP contribution in [0.1, 0.15) is 23.7 Å². The molecule has 1 unspecified atom stereocenters. The number of hydrogen-bond donors (Lipinski definition) is 1.